The third-order valence-electron chi connectivity index (χ3n) is 3.56. The molecule has 0 aromatic heterocycles. The van der Waals surface area contributed by atoms with Crippen molar-refractivity contribution in [3.63, 3.8) is 0 Å². The van der Waals surface area contributed by atoms with Crippen molar-refractivity contribution in [2.75, 3.05) is 6.61 Å². The number of hydrogen-bond donors (Lipinski definition) is 1. The molecule has 2 rings (SSSR count). The van der Waals surface area contributed by atoms with E-state index in [-0.39, 0.29) is 17.7 Å². The minimum Gasteiger partial charge on any atom is -0.493 e. The number of halogens is 3. The summed E-state index contributed by atoms with van der Waals surface area (Å²) < 4.78 is 43.5. The first-order chi connectivity index (χ1) is 8.86. The fourth-order valence-corrected chi connectivity index (χ4v) is 2.47. The summed E-state index contributed by atoms with van der Waals surface area (Å²) in [7, 11) is 0. The maximum atomic E-state index is 12.7. The molecule has 1 aliphatic rings. The van der Waals surface area contributed by atoms with Gasteiger partial charge in [0.2, 0.25) is 0 Å². The molecule has 1 fully saturated rings. The maximum absolute atomic E-state index is 12.7. The number of rotatable bonds is 3. The summed E-state index contributed by atoms with van der Waals surface area (Å²) in [5.74, 6) is 0.515. The zero-order chi connectivity index (χ0) is 14.0. The summed E-state index contributed by atoms with van der Waals surface area (Å²) >= 11 is 0. The number of ether oxygens (including phenoxy) is 1. The first kappa shape index (κ1) is 14.2. The van der Waals surface area contributed by atoms with Crippen LogP contribution in [0.25, 0.3) is 0 Å². The van der Waals surface area contributed by atoms with Gasteiger partial charge in [-0.1, -0.05) is 6.42 Å². The lowest BCUT2D eigenvalue weighted by Gasteiger charge is -2.17. The lowest BCUT2D eigenvalue weighted by molar-refractivity contribution is -0.137. The molecule has 0 saturated heterocycles. The first-order valence-corrected chi connectivity index (χ1v) is 6.43. The van der Waals surface area contributed by atoms with Crippen LogP contribution < -0.4 is 10.5 Å². The summed E-state index contributed by atoms with van der Waals surface area (Å²) in [5, 5.41) is 0. The molecular formula is C14H18F3NO. The van der Waals surface area contributed by atoms with Crippen molar-refractivity contribution in [1.82, 2.24) is 0 Å². The Morgan fingerprint density at radius 1 is 1.26 bits per heavy atom. The second-order valence-corrected chi connectivity index (χ2v) is 5.20. The van der Waals surface area contributed by atoms with E-state index in [9.17, 15) is 13.2 Å². The summed E-state index contributed by atoms with van der Waals surface area (Å²) in [6, 6.07) is 3.89. The molecule has 0 bridgehead atoms. The van der Waals surface area contributed by atoms with Gasteiger partial charge in [0, 0.05) is 12.0 Å². The van der Waals surface area contributed by atoms with Gasteiger partial charge < -0.3 is 10.5 Å². The molecule has 0 spiro atoms. The van der Waals surface area contributed by atoms with Gasteiger partial charge in [-0.3, -0.25) is 0 Å². The third kappa shape index (κ3) is 3.62. The quantitative estimate of drug-likeness (QED) is 0.914. The zero-order valence-corrected chi connectivity index (χ0v) is 10.8. The van der Waals surface area contributed by atoms with E-state index >= 15 is 0 Å². The van der Waals surface area contributed by atoms with E-state index in [1.165, 1.54) is 0 Å². The largest absolute Gasteiger partial charge is 0.493 e. The predicted octanol–water partition coefficient (Wildman–Crippen LogP) is 3.52. The van der Waals surface area contributed by atoms with Crippen LogP contribution in [0.2, 0.25) is 0 Å². The minimum absolute atomic E-state index is 0.104. The Morgan fingerprint density at radius 2 is 2.00 bits per heavy atom. The van der Waals surface area contributed by atoms with E-state index in [2.05, 4.69) is 0 Å². The topological polar surface area (TPSA) is 35.2 Å². The smallest absolute Gasteiger partial charge is 0.416 e. The Balaban J connectivity index is 2.06. The van der Waals surface area contributed by atoms with Crippen LogP contribution in [-0.4, -0.2) is 12.6 Å². The van der Waals surface area contributed by atoms with Crippen molar-refractivity contribution in [3.05, 3.63) is 29.3 Å². The number of aryl methyl sites for hydroxylation is 1. The summed E-state index contributed by atoms with van der Waals surface area (Å²) in [6.07, 6.45) is -1.32. The van der Waals surface area contributed by atoms with Gasteiger partial charge >= 0.3 is 6.18 Å². The number of alkyl halides is 3. The highest BCUT2D eigenvalue weighted by Crippen LogP contribution is 2.33. The van der Waals surface area contributed by atoms with Crippen molar-refractivity contribution in [2.45, 2.75) is 38.4 Å². The second kappa shape index (κ2) is 5.41. The van der Waals surface area contributed by atoms with Crippen LogP contribution in [0.15, 0.2) is 18.2 Å². The lowest BCUT2D eigenvalue weighted by Crippen LogP contribution is -2.28. The fraction of sp³-hybridized carbons (Fsp3) is 0.571. The predicted molar refractivity (Wildman–Crippen MR) is 67.0 cm³/mol. The van der Waals surface area contributed by atoms with E-state index < -0.39 is 11.7 Å². The fourth-order valence-electron chi connectivity index (χ4n) is 2.47. The normalized spacial score (nSPS) is 23.6. The summed E-state index contributed by atoms with van der Waals surface area (Å²) in [4.78, 5) is 0. The van der Waals surface area contributed by atoms with Crippen molar-refractivity contribution < 1.29 is 17.9 Å². The molecule has 2 nitrogen and oxygen atoms in total. The SMILES string of the molecule is Cc1cc(OCC2CCCC2N)cc(C(F)(F)F)c1. The molecule has 19 heavy (non-hydrogen) atoms. The highest BCUT2D eigenvalue weighted by molar-refractivity contribution is 5.35. The highest BCUT2D eigenvalue weighted by atomic mass is 19.4. The highest BCUT2D eigenvalue weighted by Gasteiger charge is 2.31. The van der Waals surface area contributed by atoms with E-state index in [0.29, 0.717) is 12.2 Å². The van der Waals surface area contributed by atoms with Crippen LogP contribution >= 0.6 is 0 Å². The molecule has 0 amide bonds. The second-order valence-electron chi connectivity index (χ2n) is 5.20. The van der Waals surface area contributed by atoms with E-state index in [4.69, 9.17) is 10.5 Å². The van der Waals surface area contributed by atoms with Crippen LogP contribution in [0.3, 0.4) is 0 Å². The third-order valence-corrected chi connectivity index (χ3v) is 3.56. The molecule has 1 aromatic rings. The summed E-state index contributed by atoms with van der Waals surface area (Å²) in [5.41, 5.74) is 5.79. The minimum atomic E-state index is -4.34. The van der Waals surface area contributed by atoms with E-state index in [1.54, 1.807) is 13.0 Å². The molecule has 2 unspecified atom stereocenters. The van der Waals surface area contributed by atoms with Gasteiger partial charge in [-0.05, 0) is 43.5 Å². The van der Waals surface area contributed by atoms with Crippen molar-refractivity contribution in [1.29, 1.82) is 0 Å². The monoisotopic (exact) mass is 273 g/mol. The Bertz CT molecular complexity index is 445. The van der Waals surface area contributed by atoms with Gasteiger partial charge in [0.05, 0.1) is 12.2 Å². The lowest BCUT2D eigenvalue weighted by atomic mass is 10.1. The van der Waals surface area contributed by atoms with Crippen LogP contribution in [-0.2, 0) is 6.18 Å². The Kier molecular flexibility index (Phi) is 4.04. The van der Waals surface area contributed by atoms with E-state index in [1.807, 2.05) is 0 Å². The average Bonchev–Trinajstić information content (AvgIpc) is 2.70. The molecule has 0 aliphatic heterocycles. The standard InChI is InChI=1S/C14H18F3NO/c1-9-5-11(14(15,16)17)7-12(6-9)19-8-10-3-2-4-13(10)18/h5-7,10,13H,2-4,8,18H2,1H3. The molecule has 0 radical (unpaired) electrons. The summed E-state index contributed by atoms with van der Waals surface area (Å²) in [6.45, 7) is 2.02. The number of benzene rings is 1. The molecular weight excluding hydrogens is 255 g/mol. The van der Waals surface area contributed by atoms with E-state index in [0.717, 1.165) is 31.4 Å². The Hall–Kier alpha value is -1.23. The number of hydrogen-bond acceptors (Lipinski definition) is 2. The van der Waals surface area contributed by atoms with Gasteiger partial charge in [0.25, 0.3) is 0 Å². The van der Waals surface area contributed by atoms with Gasteiger partial charge in [0.15, 0.2) is 0 Å². The maximum Gasteiger partial charge on any atom is 0.416 e. The Morgan fingerprint density at radius 3 is 2.58 bits per heavy atom. The molecule has 1 saturated carbocycles. The molecule has 1 aromatic carbocycles. The average molecular weight is 273 g/mol. The van der Waals surface area contributed by atoms with Gasteiger partial charge in [-0.15, -0.1) is 0 Å². The molecule has 2 atom stereocenters. The van der Waals surface area contributed by atoms with Gasteiger partial charge in [-0.2, -0.15) is 13.2 Å². The number of nitrogens with two attached hydrogens (primary N) is 1. The molecule has 5 heteroatoms. The van der Waals surface area contributed by atoms with Crippen molar-refractivity contribution in [2.24, 2.45) is 11.7 Å². The van der Waals surface area contributed by atoms with Gasteiger partial charge in [0.1, 0.15) is 5.75 Å². The van der Waals surface area contributed by atoms with Crippen molar-refractivity contribution in [3.8, 4) is 5.75 Å². The van der Waals surface area contributed by atoms with Crippen molar-refractivity contribution >= 4 is 0 Å². The van der Waals surface area contributed by atoms with Crippen LogP contribution in [0, 0.1) is 12.8 Å². The molecule has 2 N–H and O–H groups in total. The van der Waals surface area contributed by atoms with Crippen LogP contribution in [0.4, 0.5) is 13.2 Å². The first-order valence-electron chi connectivity index (χ1n) is 6.43. The van der Waals surface area contributed by atoms with Gasteiger partial charge in [-0.25, -0.2) is 0 Å². The molecule has 106 valence electrons. The zero-order valence-electron chi connectivity index (χ0n) is 10.8. The van der Waals surface area contributed by atoms with Crippen LogP contribution in [0.5, 0.6) is 5.75 Å². The van der Waals surface area contributed by atoms with Crippen LogP contribution in [0.1, 0.15) is 30.4 Å². The molecule has 0 heterocycles. The Labute approximate surface area is 110 Å². The molecule has 1 aliphatic carbocycles.